The van der Waals surface area contributed by atoms with Crippen LogP contribution in [-0.4, -0.2) is 45.5 Å². The van der Waals surface area contributed by atoms with Crippen molar-refractivity contribution in [3.63, 3.8) is 0 Å². The van der Waals surface area contributed by atoms with Crippen LogP contribution in [0.4, 0.5) is 11.4 Å². The number of hydrogen-bond acceptors (Lipinski definition) is 5. The molecule has 1 fully saturated rings. The number of rotatable bonds is 3. The molecule has 2 aliphatic rings. The summed E-state index contributed by atoms with van der Waals surface area (Å²) in [5, 5.41) is 4.18. The van der Waals surface area contributed by atoms with Crippen LogP contribution in [0.25, 0.3) is 5.65 Å². The first-order chi connectivity index (χ1) is 13.6. The van der Waals surface area contributed by atoms with Crippen LogP contribution < -0.4 is 15.5 Å². The number of carbonyl (C=O) groups excluding carboxylic acids is 2. The van der Waals surface area contributed by atoms with Crippen LogP contribution in [0.3, 0.4) is 0 Å². The van der Waals surface area contributed by atoms with Gasteiger partial charge in [0.05, 0.1) is 17.6 Å². The molecule has 1 saturated carbocycles. The lowest BCUT2D eigenvalue weighted by atomic mass is 10.1. The summed E-state index contributed by atoms with van der Waals surface area (Å²) in [6, 6.07) is 8.25. The normalized spacial score (nSPS) is 16.3. The van der Waals surface area contributed by atoms with Gasteiger partial charge < -0.3 is 15.5 Å². The van der Waals surface area contributed by atoms with Gasteiger partial charge in [-0.3, -0.25) is 9.59 Å². The van der Waals surface area contributed by atoms with Gasteiger partial charge in [-0.2, -0.15) is 5.10 Å². The summed E-state index contributed by atoms with van der Waals surface area (Å²) in [4.78, 5) is 33.4. The van der Waals surface area contributed by atoms with Gasteiger partial charge in [0.15, 0.2) is 5.65 Å². The maximum Gasteiger partial charge on any atom is 0.277 e. The first-order valence-electron chi connectivity index (χ1n) is 9.37. The highest BCUT2D eigenvalue weighted by Gasteiger charge is 2.37. The van der Waals surface area contributed by atoms with Crippen LogP contribution in [0.2, 0.25) is 0 Å². The number of fused-ring (bicyclic) bond motifs is 2. The number of para-hydroxylation sites is 1. The first kappa shape index (κ1) is 16.7. The smallest absolute Gasteiger partial charge is 0.277 e. The molecule has 3 heterocycles. The van der Waals surface area contributed by atoms with Gasteiger partial charge in [-0.1, -0.05) is 12.1 Å². The van der Waals surface area contributed by atoms with Crippen LogP contribution in [0, 0.1) is 6.92 Å². The second-order valence-electron chi connectivity index (χ2n) is 7.31. The Kier molecular flexibility index (Phi) is 3.61. The molecule has 0 bridgehead atoms. The Morgan fingerprint density at radius 3 is 2.75 bits per heavy atom. The number of nitrogens with two attached hydrogens (primary N) is 1. The summed E-state index contributed by atoms with van der Waals surface area (Å²) in [6.07, 6.45) is 5.27. The number of anilines is 2. The minimum atomic E-state index is -0.619. The highest BCUT2D eigenvalue weighted by molar-refractivity contribution is 6.08. The summed E-state index contributed by atoms with van der Waals surface area (Å²) in [6.45, 7) is 3.48. The van der Waals surface area contributed by atoms with Gasteiger partial charge in [-0.25, -0.2) is 9.50 Å². The molecular formula is C20H20N6O2. The minimum Gasteiger partial charge on any atom is -0.365 e. The maximum atomic E-state index is 13.5. The third-order valence-electron chi connectivity index (χ3n) is 5.48. The Balaban J connectivity index is 1.60. The van der Waals surface area contributed by atoms with Crippen molar-refractivity contribution in [2.45, 2.75) is 25.8 Å². The summed E-state index contributed by atoms with van der Waals surface area (Å²) in [5.41, 5.74) is 9.44. The zero-order valence-electron chi connectivity index (χ0n) is 15.5. The molecule has 0 saturated heterocycles. The van der Waals surface area contributed by atoms with E-state index in [9.17, 15) is 9.59 Å². The molecule has 28 heavy (non-hydrogen) atoms. The molecule has 1 aromatic carbocycles. The second kappa shape index (κ2) is 6.05. The van der Waals surface area contributed by atoms with Crippen LogP contribution in [0.15, 0.2) is 36.7 Å². The number of amides is 2. The van der Waals surface area contributed by atoms with E-state index in [0.717, 1.165) is 23.5 Å². The Labute approximate surface area is 161 Å². The molecule has 3 aromatic rings. The number of hydrogen-bond donors (Lipinski definition) is 1. The number of nitrogens with zero attached hydrogens (tertiary/aromatic N) is 5. The molecule has 142 valence electrons. The number of carbonyl (C=O) groups is 2. The van der Waals surface area contributed by atoms with Crippen molar-refractivity contribution in [3.05, 3.63) is 53.5 Å². The van der Waals surface area contributed by atoms with Crippen molar-refractivity contribution in [1.82, 2.24) is 14.6 Å². The largest absolute Gasteiger partial charge is 0.365 e. The Bertz CT molecular complexity index is 1120. The van der Waals surface area contributed by atoms with E-state index in [1.807, 2.05) is 12.1 Å². The zero-order valence-corrected chi connectivity index (χ0v) is 15.5. The molecule has 0 atom stereocenters. The van der Waals surface area contributed by atoms with Gasteiger partial charge in [-0.05, 0) is 37.5 Å². The van der Waals surface area contributed by atoms with Gasteiger partial charge in [0.25, 0.3) is 11.8 Å². The fraction of sp³-hybridized carbons (Fsp3) is 0.300. The topological polar surface area (TPSA) is 96.8 Å². The highest BCUT2D eigenvalue weighted by atomic mass is 16.2. The van der Waals surface area contributed by atoms with Gasteiger partial charge in [0.1, 0.15) is 11.3 Å². The molecule has 2 amide bonds. The predicted molar refractivity (Wildman–Crippen MR) is 105 cm³/mol. The quantitative estimate of drug-likeness (QED) is 0.751. The van der Waals surface area contributed by atoms with Crippen molar-refractivity contribution < 1.29 is 9.59 Å². The van der Waals surface area contributed by atoms with Crippen molar-refractivity contribution in [1.29, 1.82) is 0 Å². The van der Waals surface area contributed by atoms with Gasteiger partial charge in [0.2, 0.25) is 0 Å². The fourth-order valence-electron chi connectivity index (χ4n) is 4.00. The average Bonchev–Trinajstić information content (AvgIpc) is 3.44. The summed E-state index contributed by atoms with van der Waals surface area (Å²) < 4.78 is 1.39. The molecule has 1 aliphatic heterocycles. The molecule has 0 spiro atoms. The third kappa shape index (κ3) is 2.45. The van der Waals surface area contributed by atoms with E-state index in [4.69, 9.17) is 5.73 Å². The molecule has 0 radical (unpaired) electrons. The molecule has 8 nitrogen and oxygen atoms in total. The third-order valence-corrected chi connectivity index (χ3v) is 5.48. The molecule has 0 unspecified atom stereocenters. The average molecular weight is 376 g/mol. The van der Waals surface area contributed by atoms with E-state index >= 15 is 0 Å². The maximum absolute atomic E-state index is 13.5. The molecular weight excluding hydrogens is 356 g/mol. The van der Waals surface area contributed by atoms with E-state index in [2.05, 4.69) is 28.0 Å². The SMILES string of the molecule is Cc1cccc2c1N(C1CC1)CCN2C(=O)c1ccnc2c(C(N)=O)cnn12. The van der Waals surface area contributed by atoms with E-state index in [1.54, 1.807) is 11.0 Å². The molecule has 1 aliphatic carbocycles. The Hall–Kier alpha value is -3.42. The Morgan fingerprint density at radius 2 is 2.00 bits per heavy atom. The molecule has 2 aromatic heterocycles. The van der Waals surface area contributed by atoms with Crippen molar-refractivity contribution in [2.75, 3.05) is 22.9 Å². The van der Waals surface area contributed by atoms with Crippen molar-refractivity contribution >= 4 is 28.8 Å². The monoisotopic (exact) mass is 376 g/mol. The summed E-state index contributed by atoms with van der Waals surface area (Å²) in [7, 11) is 0. The van der Waals surface area contributed by atoms with Crippen LogP contribution in [-0.2, 0) is 0 Å². The fourth-order valence-corrected chi connectivity index (χ4v) is 4.00. The predicted octanol–water partition coefficient (Wildman–Crippen LogP) is 1.77. The second-order valence-corrected chi connectivity index (χ2v) is 7.31. The number of primary amides is 1. The lowest BCUT2D eigenvalue weighted by molar-refractivity contribution is 0.0975. The lowest BCUT2D eigenvalue weighted by Gasteiger charge is -2.39. The van der Waals surface area contributed by atoms with Crippen LogP contribution >= 0.6 is 0 Å². The summed E-state index contributed by atoms with van der Waals surface area (Å²) >= 11 is 0. The van der Waals surface area contributed by atoms with Gasteiger partial charge in [-0.15, -0.1) is 0 Å². The van der Waals surface area contributed by atoms with E-state index in [-0.39, 0.29) is 11.5 Å². The van der Waals surface area contributed by atoms with E-state index < -0.39 is 5.91 Å². The minimum absolute atomic E-state index is 0.172. The molecule has 8 heteroatoms. The highest BCUT2D eigenvalue weighted by Crippen LogP contribution is 2.42. The first-order valence-corrected chi connectivity index (χ1v) is 9.37. The number of benzene rings is 1. The van der Waals surface area contributed by atoms with Crippen LogP contribution in [0.5, 0.6) is 0 Å². The van der Waals surface area contributed by atoms with Gasteiger partial charge in [0, 0.05) is 25.3 Å². The number of aryl methyl sites for hydroxylation is 1. The summed E-state index contributed by atoms with van der Waals surface area (Å²) in [5.74, 6) is -0.792. The van der Waals surface area contributed by atoms with Crippen molar-refractivity contribution in [2.24, 2.45) is 5.73 Å². The molecule has 5 rings (SSSR count). The standard InChI is InChI=1S/C20H20N6O2/c1-12-3-2-4-15-17(12)24(13-5-6-13)9-10-25(15)20(28)16-7-8-22-19-14(18(21)27)11-23-26(16)19/h2-4,7-8,11,13H,5-6,9-10H2,1H3,(H2,21,27). The zero-order chi connectivity index (χ0) is 19.4. The van der Waals surface area contributed by atoms with Crippen LogP contribution in [0.1, 0.15) is 39.3 Å². The lowest BCUT2D eigenvalue weighted by Crippen LogP contribution is -2.45. The number of aromatic nitrogens is 3. The van der Waals surface area contributed by atoms with Crippen molar-refractivity contribution in [3.8, 4) is 0 Å². The van der Waals surface area contributed by atoms with E-state index in [0.29, 0.717) is 23.9 Å². The van der Waals surface area contributed by atoms with Gasteiger partial charge >= 0.3 is 0 Å². The Morgan fingerprint density at radius 1 is 1.18 bits per heavy atom. The van der Waals surface area contributed by atoms with E-state index in [1.165, 1.54) is 29.8 Å². The molecule has 2 N–H and O–H groups in total.